The lowest BCUT2D eigenvalue weighted by atomic mass is 10.2. The molecular formula is C8H5IN4. The standard InChI is InChI=1S/C8H5IN4/c9-7-3-1-2-6(4-7)8-12-10-5-11-13-8/h1-5H. The second-order valence-electron chi connectivity index (χ2n) is 2.38. The third-order valence-electron chi connectivity index (χ3n) is 1.49. The third-order valence-corrected chi connectivity index (χ3v) is 2.16. The van der Waals surface area contributed by atoms with Gasteiger partial charge < -0.3 is 0 Å². The van der Waals surface area contributed by atoms with E-state index in [1.807, 2.05) is 24.3 Å². The molecular weight excluding hydrogens is 279 g/mol. The van der Waals surface area contributed by atoms with Crippen LogP contribution in [0.1, 0.15) is 0 Å². The van der Waals surface area contributed by atoms with Crippen molar-refractivity contribution in [1.82, 2.24) is 20.4 Å². The van der Waals surface area contributed by atoms with Gasteiger partial charge >= 0.3 is 0 Å². The molecule has 0 N–H and O–H groups in total. The van der Waals surface area contributed by atoms with E-state index in [1.165, 1.54) is 6.33 Å². The van der Waals surface area contributed by atoms with Gasteiger partial charge in [0.15, 0.2) is 6.33 Å². The monoisotopic (exact) mass is 284 g/mol. The Morgan fingerprint density at radius 3 is 2.54 bits per heavy atom. The molecule has 5 heteroatoms. The molecule has 1 aromatic carbocycles. The molecule has 0 fully saturated rings. The maximum atomic E-state index is 3.86. The lowest BCUT2D eigenvalue weighted by molar-refractivity contribution is 0.864. The summed E-state index contributed by atoms with van der Waals surface area (Å²) in [4.78, 5) is 0. The number of benzene rings is 1. The number of aromatic nitrogens is 4. The summed E-state index contributed by atoms with van der Waals surface area (Å²) in [6.07, 6.45) is 1.32. The fraction of sp³-hybridized carbons (Fsp3) is 0. The van der Waals surface area contributed by atoms with E-state index in [0.29, 0.717) is 5.82 Å². The van der Waals surface area contributed by atoms with Gasteiger partial charge in [-0.05, 0) is 34.7 Å². The minimum Gasteiger partial charge on any atom is -0.135 e. The van der Waals surface area contributed by atoms with E-state index in [0.717, 1.165) is 9.13 Å². The maximum absolute atomic E-state index is 3.86. The van der Waals surface area contributed by atoms with Crippen molar-refractivity contribution in [3.63, 3.8) is 0 Å². The van der Waals surface area contributed by atoms with Gasteiger partial charge in [-0.1, -0.05) is 12.1 Å². The fourth-order valence-electron chi connectivity index (χ4n) is 0.947. The molecule has 0 radical (unpaired) electrons. The predicted octanol–water partition coefficient (Wildman–Crippen LogP) is 1.54. The van der Waals surface area contributed by atoms with Crippen molar-refractivity contribution in [3.05, 3.63) is 34.2 Å². The Kier molecular flexibility index (Phi) is 2.44. The van der Waals surface area contributed by atoms with Crippen LogP contribution in [-0.2, 0) is 0 Å². The highest BCUT2D eigenvalue weighted by Crippen LogP contribution is 2.15. The normalized spacial score (nSPS) is 9.92. The highest BCUT2D eigenvalue weighted by molar-refractivity contribution is 14.1. The van der Waals surface area contributed by atoms with Crippen LogP contribution in [0.15, 0.2) is 30.6 Å². The summed E-state index contributed by atoms with van der Waals surface area (Å²) < 4.78 is 1.14. The zero-order chi connectivity index (χ0) is 9.10. The van der Waals surface area contributed by atoms with Crippen molar-refractivity contribution in [2.45, 2.75) is 0 Å². The summed E-state index contributed by atoms with van der Waals surface area (Å²) in [6.45, 7) is 0. The Labute approximate surface area is 88.6 Å². The molecule has 0 atom stereocenters. The van der Waals surface area contributed by atoms with E-state index >= 15 is 0 Å². The second kappa shape index (κ2) is 3.73. The van der Waals surface area contributed by atoms with Crippen LogP contribution in [0.25, 0.3) is 11.4 Å². The highest BCUT2D eigenvalue weighted by Gasteiger charge is 2.00. The number of nitrogens with zero attached hydrogens (tertiary/aromatic N) is 4. The molecule has 1 aromatic heterocycles. The number of hydrogen-bond acceptors (Lipinski definition) is 4. The summed E-state index contributed by atoms with van der Waals surface area (Å²) in [5.74, 6) is 0.556. The van der Waals surface area contributed by atoms with Gasteiger partial charge in [-0.25, -0.2) is 0 Å². The van der Waals surface area contributed by atoms with Gasteiger partial charge in [-0.3, -0.25) is 0 Å². The molecule has 0 aliphatic carbocycles. The summed E-state index contributed by atoms with van der Waals surface area (Å²) in [5, 5.41) is 15.1. The Morgan fingerprint density at radius 2 is 1.85 bits per heavy atom. The summed E-state index contributed by atoms with van der Waals surface area (Å²) >= 11 is 2.24. The van der Waals surface area contributed by atoms with Gasteiger partial charge in [0.05, 0.1) is 0 Å². The molecule has 0 saturated carbocycles. The molecule has 1 heterocycles. The largest absolute Gasteiger partial charge is 0.203 e. The first kappa shape index (κ1) is 8.49. The second-order valence-corrected chi connectivity index (χ2v) is 3.63. The van der Waals surface area contributed by atoms with Gasteiger partial charge in [0.2, 0.25) is 5.82 Å². The van der Waals surface area contributed by atoms with Crippen LogP contribution in [0.2, 0.25) is 0 Å². The summed E-state index contributed by atoms with van der Waals surface area (Å²) in [6, 6.07) is 7.88. The van der Waals surface area contributed by atoms with Crippen molar-refractivity contribution in [1.29, 1.82) is 0 Å². The van der Waals surface area contributed by atoms with Gasteiger partial charge in [-0.15, -0.1) is 20.4 Å². The summed E-state index contributed by atoms with van der Waals surface area (Å²) in [7, 11) is 0. The molecule has 64 valence electrons. The third kappa shape index (κ3) is 1.97. The highest BCUT2D eigenvalue weighted by atomic mass is 127. The zero-order valence-electron chi connectivity index (χ0n) is 6.55. The van der Waals surface area contributed by atoms with Crippen LogP contribution in [0, 0.1) is 3.57 Å². The molecule has 2 rings (SSSR count). The van der Waals surface area contributed by atoms with E-state index < -0.39 is 0 Å². The van der Waals surface area contributed by atoms with Gasteiger partial charge in [0, 0.05) is 9.13 Å². The molecule has 0 aliphatic rings. The SMILES string of the molecule is Ic1cccc(-c2nncnn2)c1. The first-order valence-electron chi connectivity index (χ1n) is 3.62. The lowest BCUT2D eigenvalue weighted by Gasteiger charge is -1.96. The van der Waals surface area contributed by atoms with E-state index in [4.69, 9.17) is 0 Å². The van der Waals surface area contributed by atoms with Gasteiger partial charge in [0.1, 0.15) is 0 Å². The molecule has 0 spiro atoms. The van der Waals surface area contributed by atoms with Crippen molar-refractivity contribution < 1.29 is 0 Å². The van der Waals surface area contributed by atoms with E-state index in [1.54, 1.807) is 0 Å². The first-order valence-corrected chi connectivity index (χ1v) is 4.70. The Morgan fingerprint density at radius 1 is 1.08 bits per heavy atom. The van der Waals surface area contributed by atoms with Crippen molar-refractivity contribution >= 4 is 22.6 Å². The molecule has 0 saturated heterocycles. The first-order chi connectivity index (χ1) is 6.36. The minimum absolute atomic E-state index is 0.556. The Hall–Kier alpha value is -1.11. The fourth-order valence-corrected chi connectivity index (χ4v) is 1.49. The van der Waals surface area contributed by atoms with Crippen molar-refractivity contribution in [2.75, 3.05) is 0 Å². The number of rotatable bonds is 1. The van der Waals surface area contributed by atoms with Gasteiger partial charge in [0.25, 0.3) is 0 Å². The molecule has 4 nitrogen and oxygen atoms in total. The minimum atomic E-state index is 0.556. The average Bonchev–Trinajstić information content (AvgIpc) is 2.19. The predicted molar refractivity (Wildman–Crippen MR) is 55.8 cm³/mol. The molecule has 0 bridgehead atoms. The molecule has 2 aromatic rings. The van der Waals surface area contributed by atoms with Crippen LogP contribution >= 0.6 is 22.6 Å². The molecule has 13 heavy (non-hydrogen) atoms. The van der Waals surface area contributed by atoms with Crippen LogP contribution in [-0.4, -0.2) is 20.4 Å². The quantitative estimate of drug-likeness (QED) is 0.745. The van der Waals surface area contributed by atoms with Crippen molar-refractivity contribution in [2.24, 2.45) is 0 Å². The zero-order valence-corrected chi connectivity index (χ0v) is 8.71. The van der Waals surface area contributed by atoms with E-state index in [2.05, 4.69) is 43.0 Å². The maximum Gasteiger partial charge on any atom is 0.203 e. The Balaban J connectivity index is 2.48. The summed E-state index contributed by atoms with van der Waals surface area (Å²) in [5.41, 5.74) is 0.938. The number of hydrogen-bond donors (Lipinski definition) is 0. The van der Waals surface area contributed by atoms with Crippen LogP contribution < -0.4 is 0 Å². The molecule has 0 amide bonds. The lowest BCUT2D eigenvalue weighted by Crippen LogP contribution is -1.93. The number of halogens is 1. The van der Waals surface area contributed by atoms with Crippen LogP contribution in [0.4, 0.5) is 0 Å². The molecule has 0 unspecified atom stereocenters. The van der Waals surface area contributed by atoms with E-state index in [9.17, 15) is 0 Å². The van der Waals surface area contributed by atoms with E-state index in [-0.39, 0.29) is 0 Å². The van der Waals surface area contributed by atoms with Gasteiger partial charge in [-0.2, -0.15) is 0 Å². The van der Waals surface area contributed by atoms with Crippen LogP contribution in [0.5, 0.6) is 0 Å². The van der Waals surface area contributed by atoms with Crippen LogP contribution in [0.3, 0.4) is 0 Å². The molecule has 0 aliphatic heterocycles. The Bertz CT molecular complexity index is 404. The topological polar surface area (TPSA) is 51.6 Å². The average molecular weight is 284 g/mol. The van der Waals surface area contributed by atoms with Crippen molar-refractivity contribution in [3.8, 4) is 11.4 Å². The smallest absolute Gasteiger partial charge is 0.135 e.